The van der Waals surface area contributed by atoms with Gasteiger partial charge in [-0.1, -0.05) is 26.3 Å². The quantitative estimate of drug-likeness (QED) is 0.291. The van der Waals surface area contributed by atoms with Crippen LogP contribution in [0.5, 0.6) is 17.2 Å². The molecule has 3 aromatic rings. The minimum absolute atomic E-state index is 0.0549. The lowest BCUT2D eigenvalue weighted by molar-refractivity contribution is -0.123. The lowest BCUT2D eigenvalue weighted by Crippen LogP contribution is -2.45. The molecule has 3 atom stereocenters. The molecule has 1 aliphatic carbocycles. The molecule has 11 nitrogen and oxygen atoms in total. The molecule has 0 saturated heterocycles. The van der Waals surface area contributed by atoms with E-state index < -0.39 is 12.1 Å². The van der Waals surface area contributed by atoms with Crippen molar-refractivity contribution in [1.82, 2.24) is 20.2 Å². The van der Waals surface area contributed by atoms with Gasteiger partial charge >= 0.3 is 0 Å². The van der Waals surface area contributed by atoms with E-state index in [0.717, 1.165) is 23.1 Å². The fourth-order valence-electron chi connectivity index (χ4n) is 5.53. The number of hydrogen-bond donors (Lipinski definition) is 3. The van der Waals surface area contributed by atoms with Crippen molar-refractivity contribution in [3.05, 3.63) is 64.3 Å². The van der Waals surface area contributed by atoms with Crippen LogP contribution >= 0.6 is 0 Å². The second-order valence-electron chi connectivity index (χ2n) is 10.7. The number of aryl methyl sites for hydroxylation is 1. The molecule has 2 amide bonds. The fourth-order valence-corrected chi connectivity index (χ4v) is 5.53. The van der Waals surface area contributed by atoms with E-state index in [-0.39, 0.29) is 28.8 Å². The highest BCUT2D eigenvalue weighted by Gasteiger charge is 2.30. The van der Waals surface area contributed by atoms with Gasteiger partial charge in [0.05, 0.1) is 39.4 Å². The van der Waals surface area contributed by atoms with E-state index in [1.54, 1.807) is 46.0 Å². The zero-order valence-corrected chi connectivity index (χ0v) is 25.7. The highest BCUT2D eigenvalue weighted by Crippen LogP contribution is 2.50. The summed E-state index contributed by atoms with van der Waals surface area (Å²) in [7, 11) is 4.67. The van der Waals surface area contributed by atoms with Crippen molar-refractivity contribution in [3.63, 3.8) is 0 Å². The summed E-state index contributed by atoms with van der Waals surface area (Å²) in [5.74, 6) is 0.988. The molecular weight excluding hydrogens is 550 g/mol. The van der Waals surface area contributed by atoms with Gasteiger partial charge in [-0.3, -0.25) is 14.4 Å². The number of amides is 2. The predicted molar refractivity (Wildman–Crippen MR) is 165 cm³/mol. The lowest BCUT2D eigenvalue weighted by Gasteiger charge is -2.24. The van der Waals surface area contributed by atoms with Crippen LogP contribution in [-0.2, 0) is 22.6 Å². The van der Waals surface area contributed by atoms with Crippen LogP contribution in [0, 0.1) is 5.92 Å². The number of fused-ring (bicyclic) bond motifs is 3. The van der Waals surface area contributed by atoms with Crippen molar-refractivity contribution >= 4 is 17.5 Å². The number of benzene rings is 1. The summed E-state index contributed by atoms with van der Waals surface area (Å²) in [5.41, 5.74) is 3.07. The maximum atomic E-state index is 13.8. The number of rotatable bonds is 12. The first-order valence-corrected chi connectivity index (χ1v) is 14.5. The second kappa shape index (κ2) is 14.1. The van der Waals surface area contributed by atoms with E-state index in [1.165, 1.54) is 6.92 Å². The van der Waals surface area contributed by atoms with Gasteiger partial charge in [0, 0.05) is 38.0 Å². The van der Waals surface area contributed by atoms with E-state index in [9.17, 15) is 14.4 Å². The smallest absolute Gasteiger partial charge is 0.242 e. The van der Waals surface area contributed by atoms with Crippen molar-refractivity contribution in [2.24, 2.45) is 5.92 Å². The first-order valence-electron chi connectivity index (χ1n) is 14.5. The van der Waals surface area contributed by atoms with Crippen LogP contribution < -0.4 is 35.6 Å². The SMILES string of the molecule is CCC(C)C(Nc1ccc2c(cc1=O)C(NC(C)=O)CCc1cc(OC)c(OC)c(OC)c1-2)C(=O)NCCn1ccnc1. The Morgan fingerprint density at radius 1 is 1.12 bits per heavy atom. The number of hydrogen-bond acceptors (Lipinski definition) is 8. The van der Waals surface area contributed by atoms with Gasteiger partial charge in [0.25, 0.3) is 0 Å². The largest absolute Gasteiger partial charge is 0.493 e. The minimum atomic E-state index is -0.639. The van der Waals surface area contributed by atoms with Crippen LogP contribution in [0.1, 0.15) is 50.8 Å². The third-order valence-corrected chi connectivity index (χ3v) is 7.95. The monoisotopic (exact) mass is 591 g/mol. The van der Waals surface area contributed by atoms with Crippen molar-refractivity contribution < 1.29 is 23.8 Å². The Labute approximate surface area is 252 Å². The molecule has 1 aliphatic rings. The summed E-state index contributed by atoms with van der Waals surface area (Å²) in [6.07, 6.45) is 7.11. The lowest BCUT2D eigenvalue weighted by atomic mass is 9.95. The number of anilines is 1. The van der Waals surface area contributed by atoms with Gasteiger partial charge in [-0.25, -0.2) is 4.98 Å². The first kappa shape index (κ1) is 31.4. The summed E-state index contributed by atoms with van der Waals surface area (Å²) in [4.78, 5) is 43.4. The zero-order chi connectivity index (χ0) is 31.1. The van der Waals surface area contributed by atoms with Gasteiger partial charge in [0.2, 0.25) is 23.0 Å². The van der Waals surface area contributed by atoms with Gasteiger partial charge in [0.1, 0.15) is 6.04 Å². The number of carbonyl (C=O) groups is 2. The summed E-state index contributed by atoms with van der Waals surface area (Å²) in [6.45, 7) is 6.44. The Hall–Kier alpha value is -4.54. The third kappa shape index (κ3) is 6.93. The van der Waals surface area contributed by atoms with Crippen LogP contribution in [-0.4, -0.2) is 55.3 Å². The molecule has 2 aromatic carbocycles. The van der Waals surface area contributed by atoms with Crippen LogP contribution in [0.15, 0.2) is 47.8 Å². The van der Waals surface area contributed by atoms with Gasteiger partial charge in [-0.05, 0) is 53.6 Å². The van der Waals surface area contributed by atoms with Crippen LogP contribution in [0.25, 0.3) is 11.1 Å². The molecule has 0 radical (unpaired) electrons. The van der Waals surface area contributed by atoms with Crippen molar-refractivity contribution in [2.75, 3.05) is 33.2 Å². The van der Waals surface area contributed by atoms with E-state index in [0.29, 0.717) is 48.7 Å². The topological polar surface area (TPSA) is 133 Å². The summed E-state index contributed by atoms with van der Waals surface area (Å²) >= 11 is 0. The Morgan fingerprint density at radius 3 is 2.51 bits per heavy atom. The Kier molecular flexibility index (Phi) is 10.3. The second-order valence-corrected chi connectivity index (χ2v) is 10.7. The molecule has 0 aliphatic heterocycles. The maximum absolute atomic E-state index is 13.8. The van der Waals surface area contributed by atoms with Crippen molar-refractivity contribution in [2.45, 2.75) is 58.7 Å². The Bertz CT molecular complexity index is 1510. The Balaban J connectivity index is 1.79. The molecule has 0 bridgehead atoms. The highest BCUT2D eigenvalue weighted by atomic mass is 16.5. The summed E-state index contributed by atoms with van der Waals surface area (Å²) < 4.78 is 19.0. The van der Waals surface area contributed by atoms with Crippen LogP contribution in [0.2, 0.25) is 0 Å². The van der Waals surface area contributed by atoms with Gasteiger partial charge in [-0.2, -0.15) is 0 Å². The van der Waals surface area contributed by atoms with E-state index >= 15 is 0 Å². The van der Waals surface area contributed by atoms with Crippen LogP contribution in [0.4, 0.5) is 5.69 Å². The minimum Gasteiger partial charge on any atom is -0.493 e. The van der Waals surface area contributed by atoms with Crippen LogP contribution in [0.3, 0.4) is 0 Å². The van der Waals surface area contributed by atoms with Crippen molar-refractivity contribution in [3.8, 4) is 28.4 Å². The zero-order valence-electron chi connectivity index (χ0n) is 25.7. The molecule has 43 heavy (non-hydrogen) atoms. The number of imidazole rings is 1. The maximum Gasteiger partial charge on any atom is 0.242 e. The number of nitrogens with zero attached hydrogens (tertiary/aromatic N) is 2. The number of ether oxygens (including phenoxy) is 3. The van der Waals surface area contributed by atoms with Crippen molar-refractivity contribution in [1.29, 1.82) is 0 Å². The molecule has 1 aromatic heterocycles. The van der Waals surface area contributed by atoms with E-state index in [1.807, 2.05) is 36.7 Å². The van der Waals surface area contributed by atoms with E-state index in [4.69, 9.17) is 14.2 Å². The molecule has 3 unspecified atom stereocenters. The number of methoxy groups -OCH3 is 3. The molecule has 230 valence electrons. The molecule has 4 rings (SSSR count). The standard InChI is InChI=1S/C32H41N5O6/c1-7-19(2)29(32(40)34-13-15-37-14-12-33-18-37)36-25-11-9-22-23(17-26(25)39)24(35-20(3)38)10-8-21-16-27(41-4)30(42-5)31(43-6)28(21)22/h9,11-12,14,16-19,24,29H,7-8,10,13,15H2,1-6H3,(H,34,40)(H,35,38)(H,36,39). The average molecular weight is 592 g/mol. The third-order valence-electron chi connectivity index (χ3n) is 7.95. The first-order chi connectivity index (χ1) is 20.7. The molecular formula is C32H41N5O6. The molecule has 3 N–H and O–H groups in total. The van der Waals surface area contributed by atoms with Gasteiger partial charge < -0.3 is 34.7 Å². The van der Waals surface area contributed by atoms with Gasteiger partial charge in [0.15, 0.2) is 11.5 Å². The summed E-state index contributed by atoms with van der Waals surface area (Å²) in [6, 6.07) is 5.94. The molecule has 0 saturated carbocycles. The molecule has 11 heteroatoms. The normalized spacial score (nSPS) is 15.2. The van der Waals surface area contributed by atoms with E-state index in [2.05, 4.69) is 20.9 Å². The predicted octanol–water partition coefficient (Wildman–Crippen LogP) is 3.70. The number of nitrogens with one attached hydrogen (secondary N) is 3. The Morgan fingerprint density at radius 2 is 1.88 bits per heavy atom. The molecule has 1 heterocycles. The fraction of sp³-hybridized carbons (Fsp3) is 0.438. The average Bonchev–Trinajstić information content (AvgIpc) is 3.41. The highest BCUT2D eigenvalue weighted by molar-refractivity contribution is 5.86. The summed E-state index contributed by atoms with van der Waals surface area (Å²) in [5, 5.41) is 9.24. The molecule has 0 spiro atoms. The van der Waals surface area contributed by atoms with Gasteiger partial charge in [-0.15, -0.1) is 0 Å². The number of carbonyl (C=O) groups excluding carboxylic acids is 2. The molecule has 0 fully saturated rings. The number of aromatic nitrogens is 2.